The van der Waals surface area contributed by atoms with Crippen LogP contribution >= 0.6 is 0 Å². The molecule has 2 rings (SSSR count). The maximum absolute atomic E-state index is 12.0. The molecule has 1 aliphatic rings. The summed E-state index contributed by atoms with van der Waals surface area (Å²) >= 11 is 0. The Morgan fingerprint density at radius 2 is 1.45 bits per heavy atom. The number of rotatable bonds is 8. The van der Waals surface area contributed by atoms with Crippen molar-refractivity contribution in [3.8, 4) is 0 Å². The van der Waals surface area contributed by atoms with Crippen molar-refractivity contribution in [3.63, 3.8) is 0 Å². The van der Waals surface area contributed by atoms with Crippen LogP contribution in [0.4, 0.5) is 0 Å². The van der Waals surface area contributed by atoms with E-state index in [0.717, 1.165) is 32.4 Å². The Kier molecular flexibility index (Phi) is 8.85. The quantitative estimate of drug-likeness (QED) is 0.358. The molecule has 1 aromatic rings. The fourth-order valence-corrected chi connectivity index (χ4v) is 3.12. The van der Waals surface area contributed by atoms with E-state index in [0.29, 0.717) is 0 Å². The minimum absolute atomic E-state index is 0.102. The highest BCUT2D eigenvalue weighted by atomic mass is 16.7. The van der Waals surface area contributed by atoms with Crippen molar-refractivity contribution in [2.75, 3.05) is 13.2 Å². The van der Waals surface area contributed by atoms with E-state index in [1.54, 1.807) is 6.92 Å². The van der Waals surface area contributed by atoms with Gasteiger partial charge >= 0.3 is 29.8 Å². The molecule has 14 heteroatoms. The molecule has 0 spiro atoms. The third-order valence-electron chi connectivity index (χ3n) is 4.22. The van der Waals surface area contributed by atoms with E-state index in [4.69, 9.17) is 28.4 Å². The summed E-state index contributed by atoms with van der Waals surface area (Å²) in [5.74, 6) is -3.69. The van der Waals surface area contributed by atoms with Crippen LogP contribution < -0.4 is 0 Å². The van der Waals surface area contributed by atoms with Crippen LogP contribution in [0.15, 0.2) is 6.20 Å². The second kappa shape index (κ2) is 11.4. The Bertz CT molecular complexity index is 899. The highest BCUT2D eigenvalue weighted by molar-refractivity contribution is 5.86. The second-order valence-electron chi connectivity index (χ2n) is 6.89. The lowest BCUT2D eigenvalue weighted by Crippen LogP contribution is -2.60. The zero-order valence-electron chi connectivity index (χ0n) is 18.7. The topological polar surface area (TPSA) is 171 Å². The van der Waals surface area contributed by atoms with Crippen LogP contribution in [0.3, 0.4) is 0 Å². The van der Waals surface area contributed by atoms with Gasteiger partial charge in [-0.3, -0.25) is 19.2 Å². The van der Waals surface area contributed by atoms with Gasteiger partial charge in [-0.15, -0.1) is 5.10 Å². The molecule has 1 saturated heterocycles. The molecule has 0 aliphatic carbocycles. The van der Waals surface area contributed by atoms with E-state index in [1.807, 2.05) is 0 Å². The largest absolute Gasteiger partial charge is 0.463 e. The standard InChI is InChI=1S/C19H25N3O11/c1-6-28-19(27)13-7-22(21-20-13)18-17(32-12(5)26)16(31-11(4)25)15(30-10(3)24)14(33-18)8-29-9(2)23/h7,14-18H,6,8H2,1-5H3/t14-,15-,16+,17-,18+/m1/s1. The second-order valence-corrected chi connectivity index (χ2v) is 6.89. The minimum Gasteiger partial charge on any atom is -0.463 e. The summed E-state index contributed by atoms with van der Waals surface area (Å²) in [7, 11) is 0. The van der Waals surface area contributed by atoms with Gasteiger partial charge in [-0.25, -0.2) is 9.48 Å². The van der Waals surface area contributed by atoms with Crippen molar-refractivity contribution >= 4 is 29.8 Å². The van der Waals surface area contributed by atoms with Gasteiger partial charge in [0.1, 0.15) is 12.7 Å². The summed E-state index contributed by atoms with van der Waals surface area (Å²) in [4.78, 5) is 58.7. The average molecular weight is 471 g/mol. The van der Waals surface area contributed by atoms with E-state index < -0.39 is 67.1 Å². The SMILES string of the molecule is CCOC(=O)c1cn([C@H]2O[C@H](COC(C)=O)[C@@H](OC(C)=O)[C@H](OC(C)=O)[C@H]2OC(C)=O)nn1. The van der Waals surface area contributed by atoms with Crippen molar-refractivity contribution < 1.29 is 52.4 Å². The molecule has 33 heavy (non-hydrogen) atoms. The summed E-state index contributed by atoms with van der Waals surface area (Å²) in [6.07, 6.45) is -5.33. The summed E-state index contributed by atoms with van der Waals surface area (Å²) in [6, 6.07) is 0. The molecular formula is C19H25N3O11. The van der Waals surface area contributed by atoms with Crippen LogP contribution in [0, 0.1) is 0 Å². The summed E-state index contributed by atoms with van der Waals surface area (Å²) in [5, 5.41) is 7.54. The van der Waals surface area contributed by atoms with Crippen LogP contribution in [-0.4, -0.2) is 82.5 Å². The van der Waals surface area contributed by atoms with Gasteiger partial charge in [-0.05, 0) is 6.92 Å². The highest BCUT2D eigenvalue weighted by Gasteiger charge is 2.53. The number of nitrogens with zero attached hydrogens (tertiary/aromatic N) is 3. The minimum atomic E-state index is -1.37. The van der Waals surface area contributed by atoms with E-state index in [1.165, 1.54) is 6.20 Å². The van der Waals surface area contributed by atoms with Crippen LogP contribution in [0.25, 0.3) is 0 Å². The fourth-order valence-electron chi connectivity index (χ4n) is 3.12. The normalized spacial score (nSPS) is 24.3. The monoisotopic (exact) mass is 471 g/mol. The maximum atomic E-state index is 12.0. The van der Waals surface area contributed by atoms with Gasteiger partial charge in [0, 0.05) is 27.7 Å². The summed E-state index contributed by atoms with van der Waals surface area (Å²) < 4.78 is 32.8. The number of carbonyl (C=O) groups excluding carboxylic acids is 5. The number of hydrogen-bond acceptors (Lipinski definition) is 13. The molecule has 1 aliphatic heterocycles. The lowest BCUT2D eigenvalue weighted by Gasteiger charge is -2.44. The number of aromatic nitrogens is 3. The Hall–Kier alpha value is -3.55. The van der Waals surface area contributed by atoms with Gasteiger partial charge < -0.3 is 28.4 Å². The Labute approximate surface area is 188 Å². The van der Waals surface area contributed by atoms with E-state index >= 15 is 0 Å². The van der Waals surface area contributed by atoms with Gasteiger partial charge in [-0.2, -0.15) is 0 Å². The van der Waals surface area contributed by atoms with Gasteiger partial charge in [0.15, 0.2) is 30.2 Å². The van der Waals surface area contributed by atoms with Crippen LogP contribution in [0.2, 0.25) is 0 Å². The van der Waals surface area contributed by atoms with Crippen LogP contribution in [-0.2, 0) is 47.6 Å². The first-order valence-corrected chi connectivity index (χ1v) is 9.92. The molecule has 0 N–H and O–H groups in total. The number of carbonyl (C=O) groups is 5. The van der Waals surface area contributed by atoms with Crippen LogP contribution in [0.1, 0.15) is 51.3 Å². The molecule has 5 atom stereocenters. The summed E-state index contributed by atoms with van der Waals surface area (Å²) in [6.45, 7) is 5.81. The fraction of sp³-hybridized carbons (Fsp3) is 0.632. The smallest absolute Gasteiger partial charge is 0.360 e. The zero-order valence-corrected chi connectivity index (χ0v) is 18.7. The van der Waals surface area contributed by atoms with Crippen molar-refractivity contribution in [2.24, 2.45) is 0 Å². The predicted molar refractivity (Wildman–Crippen MR) is 103 cm³/mol. The molecule has 182 valence electrons. The Morgan fingerprint density at radius 1 is 0.879 bits per heavy atom. The predicted octanol–water partition coefficient (Wildman–Crippen LogP) is -0.290. The third-order valence-corrected chi connectivity index (χ3v) is 4.22. The lowest BCUT2D eigenvalue weighted by molar-refractivity contribution is -0.270. The number of ether oxygens (including phenoxy) is 6. The maximum Gasteiger partial charge on any atom is 0.360 e. The molecule has 0 bridgehead atoms. The average Bonchev–Trinajstić information content (AvgIpc) is 3.19. The Morgan fingerprint density at radius 3 is 2.00 bits per heavy atom. The summed E-state index contributed by atoms with van der Waals surface area (Å²) in [5.41, 5.74) is -0.162. The first kappa shape index (κ1) is 25.7. The molecule has 0 radical (unpaired) electrons. The molecule has 0 unspecified atom stereocenters. The molecule has 0 saturated carbocycles. The van der Waals surface area contributed by atoms with Crippen molar-refractivity contribution in [1.29, 1.82) is 0 Å². The first-order chi connectivity index (χ1) is 15.5. The Balaban J connectivity index is 2.51. The highest BCUT2D eigenvalue weighted by Crippen LogP contribution is 2.34. The molecular weight excluding hydrogens is 446 g/mol. The first-order valence-electron chi connectivity index (χ1n) is 9.92. The molecule has 0 amide bonds. The van der Waals surface area contributed by atoms with E-state index in [2.05, 4.69) is 10.3 Å². The van der Waals surface area contributed by atoms with Gasteiger partial charge in [-0.1, -0.05) is 5.21 Å². The number of esters is 5. The molecule has 14 nitrogen and oxygen atoms in total. The van der Waals surface area contributed by atoms with Gasteiger partial charge in [0.25, 0.3) is 0 Å². The third kappa shape index (κ3) is 6.97. The van der Waals surface area contributed by atoms with Crippen molar-refractivity contribution in [3.05, 3.63) is 11.9 Å². The van der Waals surface area contributed by atoms with E-state index in [-0.39, 0.29) is 12.3 Å². The molecule has 2 heterocycles. The van der Waals surface area contributed by atoms with Crippen LogP contribution in [0.5, 0.6) is 0 Å². The van der Waals surface area contributed by atoms with Gasteiger partial charge in [0.05, 0.1) is 12.8 Å². The molecule has 1 fully saturated rings. The number of hydrogen-bond donors (Lipinski definition) is 0. The van der Waals surface area contributed by atoms with E-state index in [9.17, 15) is 24.0 Å². The van der Waals surface area contributed by atoms with Crippen molar-refractivity contribution in [2.45, 2.75) is 65.3 Å². The molecule has 1 aromatic heterocycles. The zero-order chi connectivity index (χ0) is 24.7. The van der Waals surface area contributed by atoms with Gasteiger partial charge in [0.2, 0.25) is 0 Å². The lowest BCUT2D eigenvalue weighted by atomic mass is 9.97. The molecule has 0 aromatic carbocycles. The van der Waals surface area contributed by atoms with Crippen molar-refractivity contribution in [1.82, 2.24) is 15.0 Å².